The Kier molecular flexibility index (Phi) is 5.42. The zero-order valence-corrected chi connectivity index (χ0v) is 15.5. The van der Waals surface area contributed by atoms with Crippen LogP contribution in [0.5, 0.6) is 11.5 Å². The van der Waals surface area contributed by atoms with E-state index < -0.39 is 0 Å². The molecule has 0 spiro atoms. The van der Waals surface area contributed by atoms with Crippen LogP contribution < -0.4 is 14.8 Å². The maximum Gasteiger partial charge on any atom is 0.161 e. The molecule has 0 amide bonds. The fourth-order valence-electron chi connectivity index (χ4n) is 3.88. The molecule has 0 radical (unpaired) electrons. The molecule has 0 unspecified atom stereocenters. The number of ether oxygens (including phenoxy) is 2. The van der Waals surface area contributed by atoms with E-state index in [0.717, 1.165) is 49.2 Å². The van der Waals surface area contributed by atoms with Gasteiger partial charge < -0.3 is 14.8 Å². The third-order valence-electron chi connectivity index (χ3n) is 5.38. The van der Waals surface area contributed by atoms with E-state index in [0.29, 0.717) is 12.6 Å². The van der Waals surface area contributed by atoms with E-state index >= 15 is 0 Å². The van der Waals surface area contributed by atoms with E-state index in [1.54, 1.807) is 7.11 Å². The fraction of sp³-hybridized carbons (Fsp3) is 0.455. The monoisotopic (exact) mass is 352 g/mol. The number of rotatable bonds is 7. The van der Waals surface area contributed by atoms with Gasteiger partial charge in [-0.3, -0.25) is 4.90 Å². The Bertz CT molecular complexity index is 709. The third-order valence-corrected chi connectivity index (χ3v) is 5.38. The maximum absolute atomic E-state index is 6.02. The summed E-state index contributed by atoms with van der Waals surface area (Å²) < 4.78 is 11.7. The molecule has 2 aromatic rings. The number of methoxy groups -OCH3 is 1. The van der Waals surface area contributed by atoms with Crippen LogP contribution >= 0.6 is 0 Å². The first kappa shape index (κ1) is 17.4. The Morgan fingerprint density at radius 1 is 1.04 bits per heavy atom. The summed E-state index contributed by atoms with van der Waals surface area (Å²) in [5.41, 5.74) is 2.52. The SMILES string of the molecule is COc1cc([C@@H](C2CC2)N2CCNCC2)ccc1OCc1ccccc1. The molecule has 4 nitrogen and oxygen atoms in total. The lowest BCUT2D eigenvalue weighted by molar-refractivity contribution is 0.156. The molecule has 1 atom stereocenters. The predicted octanol–water partition coefficient (Wildman–Crippen LogP) is 3.63. The van der Waals surface area contributed by atoms with Gasteiger partial charge in [0.2, 0.25) is 0 Å². The molecule has 2 aromatic carbocycles. The topological polar surface area (TPSA) is 33.7 Å². The molecule has 1 aliphatic heterocycles. The predicted molar refractivity (Wildman–Crippen MR) is 104 cm³/mol. The van der Waals surface area contributed by atoms with Gasteiger partial charge in [-0.1, -0.05) is 36.4 Å². The van der Waals surface area contributed by atoms with Gasteiger partial charge in [0.25, 0.3) is 0 Å². The zero-order chi connectivity index (χ0) is 17.8. The smallest absolute Gasteiger partial charge is 0.161 e. The second-order valence-corrected chi connectivity index (χ2v) is 7.25. The minimum absolute atomic E-state index is 0.508. The van der Waals surface area contributed by atoms with Gasteiger partial charge in [0.05, 0.1) is 7.11 Å². The molecular formula is C22H28N2O2. The summed E-state index contributed by atoms with van der Waals surface area (Å²) >= 11 is 0. The molecule has 1 saturated heterocycles. The van der Waals surface area contributed by atoms with Crippen molar-refractivity contribution in [3.8, 4) is 11.5 Å². The highest BCUT2D eigenvalue weighted by molar-refractivity contribution is 5.44. The summed E-state index contributed by atoms with van der Waals surface area (Å²) in [6.45, 7) is 4.96. The van der Waals surface area contributed by atoms with Gasteiger partial charge >= 0.3 is 0 Å². The lowest BCUT2D eigenvalue weighted by Crippen LogP contribution is -2.45. The van der Waals surface area contributed by atoms with Gasteiger partial charge in [-0.05, 0) is 42.0 Å². The molecule has 1 heterocycles. The Morgan fingerprint density at radius 3 is 2.50 bits per heavy atom. The van der Waals surface area contributed by atoms with Gasteiger partial charge in [0, 0.05) is 32.2 Å². The average Bonchev–Trinajstić information content (AvgIpc) is 3.53. The standard InChI is InChI=1S/C22H28N2O2/c1-25-21-15-19(22(18-7-8-18)24-13-11-23-12-14-24)9-10-20(21)26-16-17-5-3-2-4-6-17/h2-6,9-10,15,18,22-23H,7-8,11-14,16H2,1H3/t22-/m1/s1. The van der Waals surface area contributed by atoms with Crippen LogP contribution in [0.15, 0.2) is 48.5 Å². The van der Waals surface area contributed by atoms with Crippen molar-refractivity contribution in [2.24, 2.45) is 5.92 Å². The second-order valence-electron chi connectivity index (χ2n) is 7.25. The normalized spacial score (nSPS) is 19.1. The lowest BCUT2D eigenvalue weighted by atomic mass is 9.99. The third kappa shape index (κ3) is 4.02. The largest absolute Gasteiger partial charge is 0.493 e. The van der Waals surface area contributed by atoms with Crippen LogP contribution in [-0.2, 0) is 6.61 Å². The molecule has 4 heteroatoms. The molecule has 0 bridgehead atoms. The van der Waals surface area contributed by atoms with Crippen molar-refractivity contribution in [3.05, 3.63) is 59.7 Å². The first-order valence-corrected chi connectivity index (χ1v) is 9.64. The molecule has 1 N–H and O–H groups in total. The van der Waals surface area contributed by atoms with E-state index in [2.05, 4.69) is 40.5 Å². The summed E-state index contributed by atoms with van der Waals surface area (Å²) in [6.07, 6.45) is 2.67. The van der Waals surface area contributed by atoms with Crippen molar-refractivity contribution in [1.29, 1.82) is 0 Å². The van der Waals surface area contributed by atoms with Crippen molar-refractivity contribution < 1.29 is 9.47 Å². The van der Waals surface area contributed by atoms with E-state index in [1.807, 2.05) is 18.2 Å². The molecule has 2 fully saturated rings. The Balaban J connectivity index is 1.51. The van der Waals surface area contributed by atoms with Gasteiger partial charge in [-0.2, -0.15) is 0 Å². The molecule has 1 saturated carbocycles. The van der Waals surface area contributed by atoms with Gasteiger partial charge in [-0.25, -0.2) is 0 Å². The van der Waals surface area contributed by atoms with Crippen LogP contribution in [0.2, 0.25) is 0 Å². The minimum Gasteiger partial charge on any atom is -0.493 e. The average molecular weight is 352 g/mol. The van der Waals surface area contributed by atoms with Crippen molar-refractivity contribution in [1.82, 2.24) is 10.2 Å². The highest BCUT2D eigenvalue weighted by atomic mass is 16.5. The highest BCUT2D eigenvalue weighted by Crippen LogP contribution is 2.46. The quantitative estimate of drug-likeness (QED) is 0.825. The molecule has 4 rings (SSSR count). The number of benzene rings is 2. The van der Waals surface area contributed by atoms with Gasteiger partial charge in [0.15, 0.2) is 11.5 Å². The number of piperazine rings is 1. The van der Waals surface area contributed by atoms with Crippen LogP contribution in [0.1, 0.15) is 30.0 Å². The minimum atomic E-state index is 0.508. The first-order valence-electron chi connectivity index (χ1n) is 9.64. The van der Waals surface area contributed by atoms with Crippen LogP contribution in [0.4, 0.5) is 0 Å². The molecule has 26 heavy (non-hydrogen) atoms. The Hall–Kier alpha value is -2.04. The van der Waals surface area contributed by atoms with E-state index in [4.69, 9.17) is 9.47 Å². The van der Waals surface area contributed by atoms with Crippen LogP contribution in [0.25, 0.3) is 0 Å². The molecular weight excluding hydrogens is 324 g/mol. The van der Waals surface area contributed by atoms with Crippen molar-refractivity contribution in [2.45, 2.75) is 25.5 Å². The van der Waals surface area contributed by atoms with Crippen LogP contribution in [0, 0.1) is 5.92 Å². The van der Waals surface area contributed by atoms with Gasteiger partial charge in [0.1, 0.15) is 6.61 Å². The molecule has 1 aliphatic carbocycles. The first-order chi connectivity index (χ1) is 12.8. The summed E-state index contributed by atoms with van der Waals surface area (Å²) in [5, 5.41) is 3.46. The van der Waals surface area contributed by atoms with E-state index in [1.165, 1.54) is 18.4 Å². The number of nitrogens with one attached hydrogen (secondary N) is 1. The van der Waals surface area contributed by atoms with Crippen LogP contribution in [0.3, 0.4) is 0 Å². The number of hydrogen-bond acceptors (Lipinski definition) is 4. The summed E-state index contributed by atoms with van der Waals surface area (Å²) in [7, 11) is 1.73. The molecule has 138 valence electrons. The van der Waals surface area contributed by atoms with Crippen LogP contribution in [-0.4, -0.2) is 38.2 Å². The molecule has 2 aliphatic rings. The lowest BCUT2D eigenvalue weighted by Gasteiger charge is -2.35. The Morgan fingerprint density at radius 2 is 1.81 bits per heavy atom. The highest BCUT2D eigenvalue weighted by Gasteiger charge is 2.37. The zero-order valence-electron chi connectivity index (χ0n) is 15.5. The summed E-state index contributed by atoms with van der Waals surface area (Å²) in [4.78, 5) is 2.63. The Labute approximate surface area is 156 Å². The van der Waals surface area contributed by atoms with Crippen molar-refractivity contribution in [2.75, 3.05) is 33.3 Å². The summed E-state index contributed by atoms with van der Waals surface area (Å²) in [6, 6.07) is 17.2. The number of hydrogen-bond donors (Lipinski definition) is 1. The van der Waals surface area contributed by atoms with Gasteiger partial charge in [-0.15, -0.1) is 0 Å². The van der Waals surface area contributed by atoms with E-state index in [-0.39, 0.29) is 0 Å². The number of nitrogens with zero attached hydrogens (tertiary/aromatic N) is 1. The maximum atomic E-state index is 6.02. The van der Waals surface area contributed by atoms with Crippen molar-refractivity contribution in [3.63, 3.8) is 0 Å². The van der Waals surface area contributed by atoms with Crippen molar-refractivity contribution >= 4 is 0 Å². The fourth-order valence-corrected chi connectivity index (χ4v) is 3.88. The molecule has 0 aromatic heterocycles. The summed E-state index contributed by atoms with van der Waals surface area (Å²) in [5.74, 6) is 2.43. The second kappa shape index (κ2) is 8.11. The van der Waals surface area contributed by atoms with E-state index in [9.17, 15) is 0 Å².